The van der Waals surface area contributed by atoms with Gasteiger partial charge in [-0.1, -0.05) is 44.2 Å². The molecule has 0 atom stereocenters. The van der Waals surface area contributed by atoms with Crippen LogP contribution in [0.25, 0.3) is 33.1 Å². The lowest BCUT2D eigenvalue weighted by Gasteiger charge is -2.17. The van der Waals surface area contributed by atoms with Crippen LogP contribution >= 0.6 is 0 Å². The number of ether oxygens (including phenoxy) is 1. The van der Waals surface area contributed by atoms with Gasteiger partial charge >= 0.3 is 0 Å². The summed E-state index contributed by atoms with van der Waals surface area (Å²) in [5, 5.41) is 1.15. The summed E-state index contributed by atoms with van der Waals surface area (Å²) in [5.41, 5.74) is 4.92. The summed E-state index contributed by atoms with van der Waals surface area (Å²) in [7, 11) is 0. The van der Waals surface area contributed by atoms with Crippen molar-refractivity contribution in [1.29, 1.82) is 0 Å². The maximum atomic E-state index is 5.92. The third-order valence-electron chi connectivity index (χ3n) is 5.16. The molecule has 5 nitrogen and oxygen atoms in total. The van der Waals surface area contributed by atoms with Gasteiger partial charge in [0, 0.05) is 18.5 Å². The van der Waals surface area contributed by atoms with E-state index >= 15 is 0 Å². The largest absolute Gasteiger partial charge is 0.378 e. The normalized spacial score (nSPS) is 12.0. The minimum Gasteiger partial charge on any atom is -0.378 e. The number of aromatic nitrogens is 3. The van der Waals surface area contributed by atoms with Gasteiger partial charge < -0.3 is 14.2 Å². The number of para-hydroxylation sites is 3. The molecule has 4 rings (SSSR count). The molecule has 0 aliphatic rings. The number of hydrogen-bond acceptors (Lipinski definition) is 4. The number of nitrogens with zero attached hydrogens (tertiary/aromatic N) is 4. The van der Waals surface area contributed by atoms with E-state index in [1.807, 2.05) is 24.3 Å². The number of likely N-dealkylation sites (N-methyl/N-ethyl adjacent to an activating group) is 1. The molecule has 0 N–H and O–H groups in total. The lowest BCUT2D eigenvalue weighted by atomic mass is 10.2. The number of rotatable bonds is 8. The third kappa shape index (κ3) is 3.53. The summed E-state index contributed by atoms with van der Waals surface area (Å²) in [4.78, 5) is 12.2. The Morgan fingerprint density at radius 3 is 2.37 bits per heavy atom. The van der Waals surface area contributed by atoms with E-state index in [4.69, 9.17) is 14.7 Å². The lowest BCUT2D eigenvalue weighted by molar-refractivity contribution is 0.102. The first-order chi connectivity index (χ1) is 13.3. The summed E-state index contributed by atoms with van der Waals surface area (Å²) >= 11 is 0. The van der Waals surface area contributed by atoms with Crippen molar-refractivity contribution in [2.45, 2.75) is 20.4 Å². The smallest absolute Gasteiger partial charge is 0.160 e. The molecule has 0 saturated heterocycles. The SMILES string of the molecule is CCN(CC)CCOCCn1c2ccccc2c2nc3ccccc3nc21. The fraction of sp³-hybridized carbons (Fsp3) is 0.364. The van der Waals surface area contributed by atoms with E-state index in [0.717, 1.165) is 65.9 Å². The highest BCUT2D eigenvalue weighted by Crippen LogP contribution is 2.27. The van der Waals surface area contributed by atoms with Gasteiger partial charge in [-0.25, -0.2) is 9.97 Å². The Balaban J connectivity index is 1.61. The van der Waals surface area contributed by atoms with Crippen LogP contribution in [-0.2, 0) is 11.3 Å². The average molecular weight is 362 g/mol. The summed E-state index contributed by atoms with van der Waals surface area (Å²) in [6.07, 6.45) is 0. The van der Waals surface area contributed by atoms with Gasteiger partial charge in [0.05, 0.1) is 29.8 Å². The van der Waals surface area contributed by atoms with Crippen LogP contribution in [0.2, 0.25) is 0 Å². The first kappa shape index (κ1) is 17.9. The summed E-state index contributed by atoms with van der Waals surface area (Å²) in [5.74, 6) is 0. The summed E-state index contributed by atoms with van der Waals surface area (Å²) in [6, 6.07) is 16.4. The molecule has 0 radical (unpaired) electrons. The van der Waals surface area contributed by atoms with Gasteiger partial charge in [0.15, 0.2) is 5.65 Å². The summed E-state index contributed by atoms with van der Waals surface area (Å²) < 4.78 is 8.15. The summed E-state index contributed by atoms with van der Waals surface area (Å²) in [6.45, 7) is 9.68. The van der Waals surface area contributed by atoms with Crippen molar-refractivity contribution < 1.29 is 4.74 Å². The van der Waals surface area contributed by atoms with Gasteiger partial charge in [-0.05, 0) is 31.3 Å². The van der Waals surface area contributed by atoms with Crippen LogP contribution in [0.4, 0.5) is 0 Å². The quantitative estimate of drug-likeness (QED) is 0.443. The van der Waals surface area contributed by atoms with Crippen molar-refractivity contribution in [2.75, 3.05) is 32.8 Å². The van der Waals surface area contributed by atoms with E-state index in [-0.39, 0.29) is 0 Å². The second-order valence-corrected chi connectivity index (χ2v) is 6.69. The van der Waals surface area contributed by atoms with E-state index in [1.54, 1.807) is 0 Å². The zero-order valence-corrected chi connectivity index (χ0v) is 16.1. The van der Waals surface area contributed by atoms with Gasteiger partial charge in [-0.15, -0.1) is 0 Å². The molecule has 2 aromatic carbocycles. The molecule has 5 heteroatoms. The molecule has 0 fully saturated rings. The zero-order chi connectivity index (χ0) is 18.6. The maximum absolute atomic E-state index is 5.92. The van der Waals surface area contributed by atoms with Gasteiger partial charge in [0.2, 0.25) is 0 Å². The van der Waals surface area contributed by atoms with Gasteiger partial charge in [0.25, 0.3) is 0 Å². The Morgan fingerprint density at radius 1 is 0.889 bits per heavy atom. The van der Waals surface area contributed by atoms with E-state index in [0.29, 0.717) is 6.61 Å². The monoisotopic (exact) mass is 362 g/mol. The lowest BCUT2D eigenvalue weighted by Crippen LogP contribution is -2.27. The molecule has 140 valence electrons. The molecule has 2 heterocycles. The Kier molecular flexibility index (Phi) is 5.32. The molecule has 4 aromatic rings. The van der Waals surface area contributed by atoms with Crippen molar-refractivity contribution in [3.05, 3.63) is 48.5 Å². The van der Waals surface area contributed by atoms with Crippen LogP contribution < -0.4 is 0 Å². The standard InChI is InChI=1S/C22H26N4O/c1-3-25(4-2)13-15-27-16-14-26-20-12-8-5-9-17(20)21-22(26)24-19-11-7-6-10-18(19)23-21/h5-12H,3-4,13-16H2,1-2H3. The Labute approximate surface area is 159 Å². The first-order valence-corrected chi connectivity index (χ1v) is 9.75. The predicted octanol–water partition coefficient (Wildman–Crippen LogP) is 4.10. The van der Waals surface area contributed by atoms with Crippen LogP contribution in [0, 0.1) is 0 Å². The molecule has 0 saturated carbocycles. The van der Waals surface area contributed by atoms with E-state index in [1.165, 1.54) is 0 Å². The molecule has 0 amide bonds. The van der Waals surface area contributed by atoms with E-state index in [2.05, 4.69) is 47.6 Å². The minimum absolute atomic E-state index is 0.670. The minimum atomic E-state index is 0.670. The third-order valence-corrected chi connectivity index (χ3v) is 5.16. The van der Waals surface area contributed by atoms with Crippen molar-refractivity contribution in [2.24, 2.45) is 0 Å². The topological polar surface area (TPSA) is 43.2 Å². The predicted molar refractivity (Wildman–Crippen MR) is 111 cm³/mol. The van der Waals surface area contributed by atoms with Crippen LogP contribution in [-0.4, -0.2) is 52.3 Å². The van der Waals surface area contributed by atoms with Crippen molar-refractivity contribution in [3.63, 3.8) is 0 Å². The highest BCUT2D eigenvalue weighted by Gasteiger charge is 2.13. The molecular formula is C22H26N4O. The Bertz CT molecular complexity index is 1050. The first-order valence-electron chi connectivity index (χ1n) is 9.75. The van der Waals surface area contributed by atoms with Gasteiger partial charge in [-0.2, -0.15) is 0 Å². The molecule has 0 spiro atoms. The second-order valence-electron chi connectivity index (χ2n) is 6.69. The Morgan fingerprint density at radius 2 is 1.59 bits per heavy atom. The van der Waals surface area contributed by atoms with Crippen molar-refractivity contribution >= 4 is 33.1 Å². The van der Waals surface area contributed by atoms with Crippen LogP contribution in [0.5, 0.6) is 0 Å². The number of fused-ring (bicyclic) bond motifs is 4. The fourth-order valence-electron chi connectivity index (χ4n) is 3.60. The zero-order valence-electron chi connectivity index (χ0n) is 16.1. The maximum Gasteiger partial charge on any atom is 0.160 e. The number of benzene rings is 2. The average Bonchev–Trinajstić information content (AvgIpc) is 3.02. The molecule has 0 aliphatic heterocycles. The van der Waals surface area contributed by atoms with Crippen molar-refractivity contribution in [3.8, 4) is 0 Å². The van der Waals surface area contributed by atoms with E-state index in [9.17, 15) is 0 Å². The highest BCUT2D eigenvalue weighted by molar-refractivity contribution is 6.06. The molecule has 0 aliphatic carbocycles. The molecule has 27 heavy (non-hydrogen) atoms. The molecular weight excluding hydrogens is 336 g/mol. The highest BCUT2D eigenvalue weighted by atomic mass is 16.5. The molecule has 0 unspecified atom stereocenters. The van der Waals surface area contributed by atoms with Gasteiger partial charge in [-0.3, -0.25) is 0 Å². The number of hydrogen-bond donors (Lipinski definition) is 0. The van der Waals surface area contributed by atoms with Crippen molar-refractivity contribution in [1.82, 2.24) is 19.4 Å². The van der Waals surface area contributed by atoms with Gasteiger partial charge in [0.1, 0.15) is 5.52 Å². The molecule has 0 bridgehead atoms. The van der Waals surface area contributed by atoms with Crippen LogP contribution in [0.15, 0.2) is 48.5 Å². The second kappa shape index (κ2) is 8.03. The Hall–Kier alpha value is -2.50. The van der Waals surface area contributed by atoms with Crippen LogP contribution in [0.1, 0.15) is 13.8 Å². The van der Waals surface area contributed by atoms with Crippen LogP contribution in [0.3, 0.4) is 0 Å². The van der Waals surface area contributed by atoms with E-state index < -0.39 is 0 Å². The molecule has 2 aromatic heterocycles. The fourth-order valence-corrected chi connectivity index (χ4v) is 3.60.